The van der Waals surface area contributed by atoms with E-state index in [1.807, 2.05) is 0 Å². The summed E-state index contributed by atoms with van der Waals surface area (Å²) >= 11 is 0. The molecule has 0 amide bonds. The first-order valence-electron chi connectivity index (χ1n) is 16.9. The van der Waals surface area contributed by atoms with Crippen LogP contribution in [0, 0.1) is 35.0 Å². The van der Waals surface area contributed by atoms with Gasteiger partial charge in [0.25, 0.3) is 0 Å². The minimum absolute atomic E-state index is 0.0286. The zero-order valence-electron chi connectivity index (χ0n) is 26.5. The molecule has 232 valence electrons. The highest BCUT2D eigenvalue weighted by Gasteiger charge is 2.59. The van der Waals surface area contributed by atoms with Gasteiger partial charge in [0, 0.05) is 32.2 Å². The van der Waals surface area contributed by atoms with E-state index in [2.05, 4.69) is 38.7 Å². The summed E-state index contributed by atoms with van der Waals surface area (Å²) in [4.78, 5) is 2.71. The summed E-state index contributed by atoms with van der Waals surface area (Å²) in [5, 5.41) is 10.4. The maximum absolute atomic E-state index is 10.4. The molecule has 10 atom stereocenters. The molecule has 6 rings (SSSR count). The fourth-order valence-electron chi connectivity index (χ4n) is 10.5. The van der Waals surface area contributed by atoms with E-state index in [-0.39, 0.29) is 11.7 Å². The van der Waals surface area contributed by atoms with Gasteiger partial charge < -0.3 is 24.1 Å². The van der Waals surface area contributed by atoms with E-state index in [0.29, 0.717) is 61.7 Å². The van der Waals surface area contributed by atoms with Gasteiger partial charge in [-0.05, 0) is 93.8 Å². The quantitative estimate of drug-likeness (QED) is 0.280. The van der Waals surface area contributed by atoms with Crippen LogP contribution >= 0.6 is 0 Å². The molecule has 2 aliphatic heterocycles. The van der Waals surface area contributed by atoms with Crippen molar-refractivity contribution in [3.63, 3.8) is 0 Å². The lowest BCUT2D eigenvalue weighted by atomic mass is 9.56. The van der Waals surface area contributed by atoms with Crippen molar-refractivity contribution >= 4 is 0 Å². The third-order valence-corrected chi connectivity index (χ3v) is 12.6. The molecular weight excluding hydrogens is 514 g/mol. The van der Waals surface area contributed by atoms with E-state index in [1.54, 1.807) is 23.8 Å². The van der Waals surface area contributed by atoms with Crippen LogP contribution in [-0.2, 0) is 18.9 Å². The lowest BCUT2D eigenvalue weighted by Gasteiger charge is -2.49. The van der Waals surface area contributed by atoms with Crippen molar-refractivity contribution in [2.45, 2.75) is 109 Å². The highest BCUT2D eigenvalue weighted by Crippen LogP contribution is 2.63. The second-order valence-corrected chi connectivity index (χ2v) is 14.9. The molecule has 6 heteroatoms. The number of ether oxygens (including phenoxy) is 4. The Hall–Kier alpha value is -0.760. The summed E-state index contributed by atoms with van der Waals surface area (Å²) in [6.45, 7) is 15.3. The van der Waals surface area contributed by atoms with Crippen molar-refractivity contribution in [2.75, 3.05) is 53.2 Å². The van der Waals surface area contributed by atoms with Crippen LogP contribution in [-0.4, -0.2) is 87.1 Å². The van der Waals surface area contributed by atoms with Crippen LogP contribution in [0.25, 0.3) is 0 Å². The molecule has 1 N–H and O–H groups in total. The molecule has 0 bridgehead atoms. The summed E-state index contributed by atoms with van der Waals surface area (Å²) < 4.78 is 23.9. The van der Waals surface area contributed by atoms with Gasteiger partial charge in [-0.1, -0.05) is 43.6 Å². The average molecular weight is 572 g/mol. The van der Waals surface area contributed by atoms with E-state index < -0.39 is 0 Å². The monoisotopic (exact) mass is 571 g/mol. The Kier molecular flexibility index (Phi) is 9.10. The molecule has 2 saturated heterocycles. The normalized spacial score (nSPS) is 44.3. The molecule has 41 heavy (non-hydrogen) atoms. The van der Waals surface area contributed by atoms with Crippen LogP contribution in [0.2, 0.25) is 0 Å². The highest BCUT2D eigenvalue weighted by molar-refractivity contribution is 5.34. The second-order valence-electron chi connectivity index (χ2n) is 14.9. The molecular formula is C35H57NO5. The first kappa shape index (κ1) is 30.3. The van der Waals surface area contributed by atoms with Crippen molar-refractivity contribution in [3.05, 3.63) is 22.8 Å². The minimum atomic E-state index is -0.128. The van der Waals surface area contributed by atoms with Crippen LogP contribution in [0.1, 0.15) is 85.5 Å². The molecule has 2 saturated carbocycles. The molecule has 0 radical (unpaired) electrons. The number of aliphatic hydroxyl groups is 1. The SMILES string of the molecule is COCCOCCOCCN1C[C@@H](C)C[C@H]2O[C@]3(CC[C@@H]4C(=C(C)C3)C[C@H]3[C@H]4CC=C4C[C@@H](O)CC[C@@]43C)[C@H](C)[C@@H]21. The van der Waals surface area contributed by atoms with Crippen LogP contribution in [0.15, 0.2) is 22.8 Å². The van der Waals surface area contributed by atoms with Gasteiger partial charge in [-0.25, -0.2) is 0 Å². The Morgan fingerprint density at radius 1 is 1.05 bits per heavy atom. The minimum Gasteiger partial charge on any atom is -0.393 e. The highest BCUT2D eigenvalue weighted by atomic mass is 16.5. The summed E-state index contributed by atoms with van der Waals surface area (Å²) in [6, 6.07) is 0.490. The van der Waals surface area contributed by atoms with E-state index in [1.165, 1.54) is 32.1 Å². The molecule has 1 spiro atoms. The fourth-order valence-corrected chi connectivity index (χ4v) is 10.5. The zero-order valence-corrected chi connectivity index (χ0v) is 26.5. The van der Waals surface area contributed by atoms with Gasteiger partial charge in [0.15, 0.2) is 0 Å². The van der Waals surface area contributed by atoms with Crippen molar-refractivity contribution in [1.82, 2.24) is 4.90 Å². The molecule has 6 aliphatic rings. The molecule has 0 unspecified atom stereocenters. The maximum Gasteiger partial charge on any atom is 0.0765 e. The number of fused-ring (bicyclic) bond motifs is 6. The third kappa shape index (κ3) is 5.64. The smallest absolute Gasteiger partial charge is 0.0765 e. The van der Waals surface area contributed by atoms with Crippen LogP contribution in [0.5, 0.6) is 0 Å². The van der Waals surface area contributed by atoms with E-state index in [4.69, 9.17) is 18.9 Å². The molecule has 0 aromatic carbocycles. The third-order valence-electron chi connectivity index (χ3n) is 12.6. The fraction of sp³-hybridized carbons (Fsp3) is 0.886. The van der Waals surface area contributed by atoms with Crippen molar-refractivity contribution < 1.29 is 24.1 Å². The molecule has 6 nitrogen and oxygen atoms in total. The van der Waals surface area contributed by atoms with Crippen molar-refractivity contribution in [2.24, 2.45) is 35.0 Å². The predicted octanol–water partition coefficient (Wildman–Crippen LogP) is 5.78. The standard InChI is InChI=1S/C35H57NO5/c1-23-18-32-33(36(22-23)12-13-39-16-17-40-15-14-38-5)25(3)35(41-32)11-9-28-29-7-6-26-19-27(37)8-10-34(26,4)31(29)20-30(28)24(2)21-35/h6,23,25,27-29,31-33,37H,7-22H2,1-5H3/t23-,25+,27-,28-,29-,31-,32+,33-,34-,35-/m0/s1. The van der Waals surface area contributed by atoms with E-state index >= 15 is 0 Å². The molecule has 0 aromatic rings. The van der Waals surface area contributed by atoms with Gasteiger partial charge in [0.1, 0.15) is 0 Å². The summed E-state index contributed by atoms with van der Waals surface area (Å²) in [5.74, 6) is 3.42. The topological polar surface area (TPSA) is 60.4 Å². The Labute approximate surface area is 249 Å². The van der Waals surface area contributed by atoms with E-state index in [9.17, 15) is 5.11 Å². The summed E-state index contributed by atoms with van der Waals surface area (Å²) in [7, 11) is 1.70. The summed E-state index contributed by atoms with van der Waals surface area (Å²) in [5.41, 5.74) is 5.26. The number of nitrogens with zero attached hydrogens (tertiary/aromatic N) is 1. The largest absolute Gasteiger partial charge is 0.393 e. The number of aliphatic hydroxyl groups excluding tert-OH is 1. The average Bonchev–Trinajstić information content (AvgIpc) is 3.40. The van der Waals surface area contributed by atoms with Crippen molar-refractivity contribution in [1.29, 1.82) is 0 Å². The Morgan fingerprint density at radius 2 is 1.83 bits per heavy atom. The number of likely N-dealkylation sites (tertiary alicyclic amines) is 1. The summed E-state index contributed by atoms with van der Waals surface area (Å²) in [6.07, 6.45) is 13.0. The number of hydrogen-bond acceptors (Lipinski definition) is 6. The van der Waals surface area contributed by atoms with Gasteiger partial charge >= 0.3 is 0 Å². The van der Waals surface area contributed by atoms with Gasteiger partial charge in [-0.15, -0.1) is 0 Å². The number of piperidine rings is 1. The number of rotatable bonds is 9. The van der Waals surface area contributed by atoms with Gasteiger partial charge in [0.05, 0.1) is 50.8 Å². The molecule has 4 fully saturated rings. The number of methoxy groups -OCH3 is 1. The first-order chi connectivity index (χ1) is 19.8. The lowest BCUT2D eigenvalue weighted by Crippen LogP contribution is -2.52. The number of allylic oxidation sites excluding steroid dienone is 2. The maximum atomic E-state index is 10.4. The molecule has 4 aliphatic carbocycles. The Balaban J connectivity index is 1.12. The Morgan fingerprint density at radius 3 is 2.63 bits per heavy atom. The van der Waals surface area contributed by atoms with Gasteiger partial charge in [0.2, 0.25) is 0 Å². The second kappa shape index (κ2) is 12.3. The molecule has 2 heterocycles. The molecule has 0 aromatic heterocycles. The van der Waals surface area contributed by atoms with Crippen molar-refractivity contribution in [3.8, 4) is 0 Å². The first-order valence-corrected chi connectivity index (χ1v) is 16.9. The van der Waals surface area contributed by atoms with Crippen LogP contribution in [0.3, 0.4) is 0 Å². The van der Waals surface area contributed by atoms with Crippen LogP contribution in [0.4, 0.5) is 0 Å². The van der Waals surface area contributed by atoms with Gasteiger partial charge in [-0.2, -0.15) is 0 Å². The van der Waals surface area contributed by atoms with Gasteiger partial charge in [-0.3, -0.25) is 4.90 Å². The lowest BCUT2D eigenvalue weighted by molar-refractivity contribution is -0.0806. The van der Waals surface area contributed by atoms with E-state index in [0.717, 1.165) is 57.2 Å². The number of hydrogen-bond donors (Lipinski definition) is 1. The zero-order chi connectivity index (χ0) is 28.8. The van der Waals surface area contributed by atoms with Crippen LogP contribution < -0.4 is 0 Å². The Bertz CT molecular complexity index is 995. The predicted molar refractivity (Wildman–Crippen MR) is 162 cm³/mol.